The summed E-state index contributed by atoms with van der Waals surface area (Å²) in [5, 5.41) is 0. The predicted molar refractivity (Wildman–Crippen MR) is 37.8 cm³/mol. The molecule has 60 valence electrons. The summed E-state index contributed by atoms with van der Waals surface area (Å²) < 4.78 is 10.4. The second-order valence-corrected chi connectivity index (χ2v) is 3.67. The summed E-state index contributed by atoms with van der Waals surface area (Å²) in [6.07, 6.45) is 2.37. The molecule has 1 rings (SSSR count). The van der Waals surface area contributed by atoms with Crippen molar-refractivity contribution in [3.05, 3.63) is 24.3 Å². The molecule has 0 aliphatic rings. The van der Waals surface area contributed by atoms with E-state index in [1.54, 1.807) is 0 Å². The van der Waals surface area contributed by atoms with Gasteiger partial charge in [0.25, 0.3) is 0 Å². The van der Waals surface area contributed by atoms with Gasteiger partial charge in [-0.25, -0.2) is 9.97 Å². The van der Waals surface area contributed by atoms with Gasteiger partial charge < -0.3 is 9.79 Å². The van der Waals surface area contributed by atoms with Crippen molar-refractivity contribution >= 4 is 7.60 Å². The van der Waals surface area contributed by atoms with Gasteiger partial charge in [-0.2, -0.15) is 0 Å². The van der Waals surface area contributed by atoms with E-state index in [4.69, 9.17) is 9.79 Å². The lowest BCUT2D eigenvalue weighted by atomic mass is 10.5. The molecule has 0 atom stereocenters. The maximum atomic E-state index is 10.4. The molecule has 1 aromatic rings. The molecule has 0 amide bonds. The Hall–Kier alpha value is -0.770. The Bertz CT molecular complexity index is 270. The van der Waals surface area contributed by atoms with E-state index >= 15 is 0 Å². The molecule has 5 nitrogen and oxygen atoms in total. The van der Waals surface area contributed by atoms with Gasteiger partial charge in [0.05, 0.1) is 11.9 Å². The van der Waals surface area contributed by atoms with Crippen LogP contribution in [0.1, 0.15) is 5.69 Å². The molecule has 0 radical (unpaired) electrons. The molecule has 0 saturated heterocycles. The number of nitrogens with zero attached hydrogens (tertiary/aromatic N) is 2. The number of rotatable bonds is 2. The molecule has 0 saturated carbocycles. The molecule has 0 fully saturated rings. The van der Waals surface area contributed by atoms with E-state index in [1.807, 2.05) is 0 Å². The lowest BCUT2D eigenvalue weighted by Crippen LogP contribution is -1.90. The van der Waals surface area contributed by atoms with Crippen LogP contribution in [0.15, 0.2) is 18.6 Å². The van der Waals surface area contributed by atoms with Gasteiger partial charge in [0.2, 0.25) is 0 Å². The molecule has 0 aromatic carbocycles. The van der Waals surface area contributed by atoms with Gasteiger partial charge >= 0.3 is 7.60 Å². The fraction of sp³-hybridized carbons (Fsp3) is 0.200. The van der Waals surface area contributed by atoms with Crippen molar-refractivity contribution in [2.45, 2.75) is 6.16 Å². The van der Waals surface area contributed by atoms with Crippen LogP contribution in [-0.2, 0) is 10.7 Å². The van der Waals surface area contributed by atoms with Gasteiger partial charge in [-0.15, -0.1) is 0 Å². The Labute approximate surface area is 63.3 Å². The lowest BCUT2D eigenvalue weighted by molar-refractivity contribution is 0.371. The van der Waals surface area contributed by atoms with E-state index in [0.717, 1.165) is 0 Å². The fourth-order valence-electron chi connectivity index (χ4n) is 0.623. The molecule has 1 aromatic heterocycles. The molecular weight excluding hydrogens is 167 g/mol. The minimum absolute atomic E-state index is 0.324. The zero-order valence-corrected chi connectivity index (χ0v) is 6.48. The zero-order chi connectivity index (χ0) is 8.32. The predicted octanol–water partition coefficient (Wildman–Crippen LogP) is 0.154. The molecule has 0 aliphatic carbocycles. The van der Waals surface area contributed by atoms with Gasteiger partial charge in [-0.1, -0.05) is 0 Å². The Morgan fingerprint density at radius 2 is 2.27 bits per heavy atom. The van der Waals surface area contributed by atoms with Crippen LogP contribution in [0.25, 0.3) is 0 Å². The van der Waals surface area contributed by atoms with E-state index < -0.39 is 7.60 Å². The molecule has 6 heteroatoms. The maximum absolute atomic E-state index is 10.4. The summed E-state index contributed by atoms with van der Waals surface area (Å²) in [6, 6.07) is 1.47. The monoisotopic (exact) mass is 174 g/mol. The summed E-state index contributed by atoms with van der Waals surface area (Å²) in [5.74, 6) is 0. The van der Waals surface area contributed by atoms with Gasteiger partial charge in [-0.05, 0) is 6.07 Å². The first kappa shape index (κ1) is 8.33. The molecule has 1 heterocycles. The molecule has 0 aliphatic heterocycles. The van der Waals surface area contributed by atoms with Crippen molar-refractivity contribution in [2.75, 3.05) is 0 Å². The quantitative estimate of drug-likeness (QED) is 0.623. The second kappa shape index (κ2) is 3.09. The largest absolute Gasteiger partial charge is 0.331 e. The Morgan fingerprint density at radius 1 is 1.55 bits per heavy atom. The van der Waals surface area contributed by atoms with E-state index in [2.05, 4.69) is 9.97 Å². The Kier molecular flexibility index (Phi) is 2.34. The minimum Gasteiger partial charge on any atom is -0.324 e. The normalized spacial score (nSPS) is 11.5. The second-order valence-electron chi connectivity index (χ2n) is 2.02. The van der Waals surface area contributed by atoms with Crippen molar-refractivity contribution in [1.82, 2.24) is 9.97 Å². The summed E-state index contributed by atoms with van der Waals surface area (Å²) in [7, 11) is -3.98. The standard InChI is InChI=1S/C5H7N2O3P/c8-11(9,10)3-5-1-2-6-4-7-5/h1-2,4H,3H2,(H2,8,9,10). The van der Waals surface area contributed by atoms with Gasteiger partial charge in [0.15, 0.2) is 0 Å². The van der Waals surface area contributed by atoms with Crippen molar-refractivity contribution in [2.24, 2.45) is 0 Å². The molecule has 2 N–H and O–H groups in total. The van der Waals surface area contributed by atoms with Crippen LogP contribution in [0.5, 0.6) is 0 Å². The van der Waals surface area contributed by atoms with Gasteiger partial charge in [0, 0.05) is 6.20 Å². The smallest absolute Gasteiger partial charge is 0.324 e. The average molecular weight is 174 g/mol. The minimum atomic E-state index is -3.98. The first-order valence-electron chi connectivity index (χ1n) is 2.87. The topological polar surface area (TPSA) is 83.3 Å². The van der Waals surface area contributed by atoms with Crippen molar-refractivity contribution in [3.8, 4) is 0 Å². The highest BCUT2D eigenvalue weighted by Crippen LogP contribution is 2.37. The van der Waals surface area contributed by atoms with Crippen LogP contribution in [0.3, 0.4) is 0 Å². The van der Waals surface area contributed by atoms with Crippen molar-refractivity contribution < 1.29 is 14.4 Å². The van der Waals surface area contributed by atoms with Crippen LogP contribution in [0.4, 0.5) is 0 Å². The average Bonchev–Trinajstić information content (AvgIpc) is 1.85. The highest BCUT2D eigenvalue weighted by Gasteiger charge is 2.13. The number of hydrogen-bond donors (Lipinski definition) is 2. The molecule has 0 bridgehead atoms. The first-order valence-corrected chi connectivity index (χ1v) is 4.67. The van der Waals surface area contributed by atoms with Gasteiger partial charge in [0.1, 0.15) is 6.33 Å². The summed E-state index contributed by atoms with van der Waals surface area (Å²) in [6.45, 7) is 0. The SMILES string of the molecule is O=P(O)(O)Cc1ccncn1. The molecular formula is C5H7N2O3P. The van der Waals surface area contributed by atoms with E-state index in [1.165, 1.54) is 18.6 Å². The fourth-order valence-corrected chi connectivity index (χ4v) is 1.23. The maximum Gasteiger partial charge on any atom is 0.331 e. The third kappa shape index (κ3) is 3.23. The van der Waals surface area contributed by atoms with Crippen LogP contribution >= 0.6 is 7.60 Å². The Balaban J connectivity index is 2.74. The molecule has 11 heavy (non-hydrogen) atoms. The zero-order valence-electron chi connectivity index (χ0n) is 5.58. The summed E-state index contributed by atoms with van der Waals surface area (Å²) in [4.78, 5) is 24.3. The highest BCUT2D eigenvalue weighted by atomic mass is 31.2. The summed E-state index contributed by atoms with van der Waals surface area (Å²) in [5.41, 5.74) is 0.355. The van der Waals surface area contributed by atoms with Crippen LogP contribution in [0.2, 0.25) is 0 Å². The Morgan fingerprint density at radius 3 is 2.73 bits per heavy atom. The number of aromatic nitrogens is 2. The number of hydrogen-bond acceptors (Lipinski definition) is 3. The van der Waals surface area contributed by atoms with E-state index in [0.29, 0.717) is 5.69 Å². The first-order chi connectivity index (χ1) is 5.08. The third-order valence-electron chi connectivity index (χ3n) is 1.01. The highest BCUT2D eigenvalue weighted by molar-refractivity contribution is 7.50. The molecule has 0 spiro atoms. The van der Waals surface area contributed by atoms with Crippen LogP contribution < -0.4 is 0 Å². The van der Waals surface area contributed by atoms with Crippen LogP contribution in [-0.4, -0.2) is 19.8 Å². The van der Waals surface area contributed by atoms with Crippen molar-refractivity contribution in [3.63, 3.8) is 0 Å². The van der Waals surface area contributed by atoms with E-state index in [-0.39, 0.29) is 6.16 Å². The third-order valence-corrected chi connectivity index (χ3v) is 1.75. The molecule has 0 unspecified atom stereocenters. The van der Waals surface area contributed by atoms with Gasteiger partial charge in [-0.3, -0.25) is 4.57 Å². The van der Waals surface area contributed by atoms with Crippen LogP contribution in [0, 0.1) is 0 Å². The van der Waals surface area contributed by atoms with Crippen molar-refractivity contribution in [1.29, 1.82) is 0 Å². The lowest BCUT2D eigenvalue weighted by Gasteiger charge is -2.00. The summed E-state index contributed by atoms with van der Waals surface area (Å²) >= 11 is 0. The van der Waals surface area contributed by atoms with E-state index in [9.17, 15) is 4.57 Å².